The molecule has 0 bridgehead atoms. The number of fused-ring (bicyclic) bond motifs is 1. The van der Waals surface area contributed by atoms with Crippen LogP contribution in [0.3, 0.4) is 0 Å². The summed E-state index contributed by atoms with van der Waals surface area (Å²) >= 11 is 0. The summed E-state index contributed by atoms with van der Waals surface area (Å²) in [5.41, 5.74) is 2.71. The van der Waals surface area contributed by atoms with E-state index in [1.165, 1.54) is 0 Å². The molecule has 0 aliphatic rings. The fourth-order valence-corrected chi connectivity index (χ4v) is 2.91. The number of hydrogen-bond donors (Lipinski definition) is 1. The summed E-state index contributed by atoms with van der Waals surface area (Å²) in [6.45, 7) is 2.24. The number of aromatic nitrogens is 5. The summed E-state index contributed by atoms with van der Waals surface area (Å²) in [6, 6.07) is 13.0. The molecule has 0 saturated heterocycles. The average Bonchev–Trinajstić information content (AvgIpc) is 3.35. The van der Waals surface area contributed by atoms with Gasteiger partial charge in [-0.25, -0.2) is 14.6 Å². The molecule has 1 amide bonds. The van der Waals surface area contributed by atoms with Crippen molar-refractivity contribution in [3.05, 3.63) is 72.9 Å². The maximum absolute atomic E-state index is 12.7. The Balaban J connectivity index is 1.51. The monoisotopic (exact) mass is 346 g/mol. The Kier molecular flexibility index (Phi) is 4.18. The normalized spacial score (nSPS) is 12.2. The van der Waals surface area contributed by atoms with E-state index in [1.54, 1.807) is 23.4 Å². The Morgan fingerprint density at radius 2 is 2.00 bits per heavy atom. The highest BCUT2D eigenvalue weighted by Gasteiger charge is 2.17. The summed E-state index contributed by atoms with van der Waals surface area (Å²) < 4.78 is 3.57. The molecule has 0 radical (unpaired) electrons. The van der Waals surface area contributed by atoms with Gasteiger partial charge < -0.3 is 9.88 Å². The maximum Gasteiger partial charge on any atom is 0.243 e. The first-order chi connectivity index (χ1) is 12.7. The minimum Gasteiger partial charge on any atom is -0.350 e. The molecule has 0 aliphatic carbocycles. The van der Waals surface area contributed by atoms with Gasteiger partial charge >= 0.3 is 0 Å². The summed E-state index contributed by atoms with van der Waals surface area (Å²) in [6.07, 6.45) is 6.94. The fraction of sp³-hybridized carbons (Fsp3) is 0.158. The van der Waals surface area contributed by atoms with Gasteiger partial charge in [0, 0.05) is 30.7 Å². The van der Waals surface area contributed by atoms with E-state index in [0.29, 0.717) is 12.4 Å². The van der Waals surface area contributed by atoms with Gasteiger partial charge in [-0.3, -0.25) is 4.79 Å². The molecule has 7 heteroatoms. The second kappa shape index (κ2) is 6.79. The first-order valence-electron chi connectivity index (χ1n) is 8.37. The Bertz CT molecular complexity index is 1040. The van der Waals surface area contributed by atoms with Crippen molar-refractivity contribution in [1.29, 1.82) is 0 Å². The molecule has 3 heterocycles. The van der Waals surface area contributed by atoms with Crippen LogP contribution < -0.4 is 5.32 Å². The van der Waals surface area contributed by atoms with Crippen molar-refractivity contribution >= 4 is 16.9 Å². The standard InChI is InChI=1S/C19H18N6O/c1-14(24-13-22-16-7-2-3-8-17(16)24)19(26)21-12-15-6-4-9-20-18(15)25-11-5-10-23-25/h2-11,13-14H,12H2,1H3,(H,21,26)/t14-/m0/s1. The highest BCUT2D eigenvalue weighted by Crippen LogP contribution is 2.18. The molecule has 0 saturated carbocycles. The number of nitrogens with one attached hydrogen (secondary N) is 1. The van der Waals surface area contributed by atoms with Gasteiger partial charge in [0.2, 0.25) is 5.91 Å². The molecule has 1 aromatic carbocycles. The molecule has 3 aromatic heterocycles. The molecule has 4 rings (SSSR count). The number of amides is 1. The third-order valence-electron chi connectivity index (χ3n) is 4.32. The minimum absolute atomic E-state index is 0.0802. The highest BCUT2D eigenvalue weighted by molar-refractivity contribution is 5.83. The molecule has 1 atom stereocenters. The van der Waals surface area contributed by atoms with Crippen LogP contribution in [-0.2, 0) is 11.3 Å². The first-order valence-corrected chi connectivity index (χ1v) is 8.37. The summed E-state index contributed by atoms with van der Waals surface area (Å²) in [5, 5.41) is 7.20. The molecular formula is C19H18N6O. The smallest absolute Gasteiger partial charge is 0.243 e. The van der Waals surface area contributed by atoms with E-state index >= 15 is 0 Å². The van der Waals surface area contributed by atoms with E-state index < -0.39 is 0 Å². The van der Waals surface area contributed by atoms with Crippen LogP contribution in [0.25, 0.3) is 16.9 Å². The predicted octanol–water partition coefficient (Wildman–Crippen LogP) is 2.49. The van der Waals surface area contributed by atoms with Crippen LogP contribution in [0.1, 0.15) is 18.5 Å². The van der Waals surface area contributed by atoms with Crippen molar-refractivity contribution in [2.75, 3.05) is 0 Å². The topological polar surface area (TPSA) is 77.6 Å². The van der Waals surface area contributed by atoms with Crippen LogP contribution in [0.4, 0.5) is 0 Å². The highest BCUT2D eigenvalue weighted by atomic mass is 16.2. The first kappa shape index (κ1) is 16.0. The molecule has 26 heavy (non-hydrogen) atoms. The van der Waals surface area contributed by atoms with E-state index in [0.717, 1.165) is 16.6 Å². The quantitative estimate of drug-likeness (QED) is 0.602. The van der Waals surface area contributed by atoms with Gasteiger partial charge in [-0.05, 0) is 31.2 Å². The van der Waals surface area contributed by atoms with Crippen LogP contribution in [0.5, 0.6) is 0 Å². The number of imidazole rings is 1. The van der Waals surface area contributed by atoms with E-state index in [-0.39, 0.29) is 11.9 Å². The van der Waals surface area contributed by atoms with Crippen LogP contribution in [0, 0.1) is 0 Å². The lowest BCUT2D eigenvalue weighted by molar-refractivity contribution is -0.123. The van der Waals surface area contributed by atoms with E-state index in [4.69, 9.17) is 0 Å². The number of nitrogens with zero attached hydrogens (tertiary/aromatic N) is 5. The number of rotatable bonds is 5. The Morgan fingerprint density at radius 3 is 2.85 bits per heavy atom. The van der Waals surface area contributed by atoms with Gasteiger partial charge in [-0.15, -0.1) is 0 Å². The molecule has 0 fully saturated rings. The number of pyridine rings is 1. The molecule has 7 nitrogen and oxygen atoms in total. The Hall–Kier alpha value is -3.48. The van der Waals surface area contributed by atoms with Gasteiger partial charge in [0.15, 0.2) is 5.82 Å². The predicted molar refractivity (Wildman–Crippen MR) is 97.6 cm³/mol. The van der Waals surface area contributed by atoms with Crippen LogP contribution in [0.2, 0.25) is 0 Å². The fourth-order valence-electron chi connectivity index (χ4n) is 2.91. The zero-order chi connectivity index (χ0) is 17.9. The van der Waals surface area contributed by atoms with Gasteiger partial charge in [-0.1, -0.05) is 18.2 Å². The van der Waals surface area contributed by atoms with Gasteiger partial charge in [0.05, 0.1) is 17.4 Å². The largest absolute Gasteiger partial charge is 0.350 e. The number of hydrogen-bond acceptors (Lipinski definition) is 4. The molecule has 130 valence electrons. The van der Waals surface area contributed by atoms with Crippen molar-refractivity contribution in [1.82, 2.24) is 29.6 Å². The molecule has 0 spiro atoms. The number of carbonyl (C=O) groups excluding carboxylic acids is 1. The summed E-state index contributed by atoms with van der Waals surface area (Å²) in [5.74, 6) is 0.627. The average molecular weight is 346 g/mol. The molecule has 1 N–H and O–H groups in total. The third kappa shape index (κ3) is 2.95. The van der Waals surface area contributed by atoms with E-state index in [1.807, 2.05) is 60.2 Å². The van der Waals surface area contributed by atoms with Crippen molar-refractivity contribution in [3.63, 3.8) is 0 Å². The van der Waals surface area contributed by atoms with Gasteiger partial charge in [0.25, 0.3) is 0 Å². The van der Waals surface area contributed by atoms with E-state index in [9.17, 15) is 4.79 Å². The number of benzene rings is 1. The minimum atomic E-state index is -0.368. The van der Waals surface area contributed by atoms with Crippen LogP contribution in [-0.4, -0.2) is 30.2 Å². The molecule has 0 aliphatic heterocycles. The Morgan fingerprint density at radius 1 is 1.12 bits per heavy atom. The third-order valence-corrected chi connectivity index (χ3v) is 4.32. The number of para-hydroxylation sites is 2. The zero-order valence-electron chi connectivity index (χ0n) is 14.3. The van der Waals surface area contributed by atoms with Crippen LogP contribution >= 0.6 is 0 Å². The lowest BCUT2D eigenvalue weighted by Crippen LogP contribution is -2.30. The molecular weight excluding hydrogens is 328 g/mol. The lowest BCUT2D eigenvalue weighted by Gasteiger charge is -2.15. The zero-order valence-corrected chi connectivity index (χ0v) is 14.3. The van der Waals surface area contributed by atoms with Crippen molar-refractivity contribution < 1.29 is 4.79 Å². The molecule has 0 unspecified atom stereocenters. The van der Waals surface area contributed by atoms with Gasteiger partial charge in [0.1, 0.15) is 6.04 Å². The second-order valence-corrected chi connectivity index (χ2v) is 5.97. The maximum atomic E-state index is 12.7. The van der Waals surface area contributed by atoms with Crippen molar-refractivity contribution in [3.8, 4) is 5.82 Å². The lowest BCUT2D eigenvalue weighted by atomic mass is 10.2. The summed E-state index contributed by atoms with van der Waals surface area (Å²) in [4.78, 5) is 21.4. The second-order valence-electron chi connectivity index (χ2n) is 5.97. The van der Waals surface area contributed by atoms with Crippen molar-refractivity contribution in [2.45, 2.75) is 19.5 Å². The number of carbonyl (C=O) groups is 1. The van der Waals surface area contributed by atoms with Gasteiger partial charge in [-0.2, -0.15) is 5.10 Å². The van der Waals surface area contributed by atoms with Crippen LogP contribution in [0.15, 0.2) is 67.4 Å². The Labute approximate surface area is 150 Å². The molecule has 4 aromatic rings. The van der Waals surface area contributed by atoms with Crippen molar-refractivity contribution in [2.24, 2.45) is 0 Å². The van der Waals surface area contributed by atoms with E-state index in [2.05, 4.69) is 20.4 Å². The summed E-state index contributed by atoms with van der Waals surface area (Å²) in [7, 11) is 0. The SMILES string of the molecule is C[C@@H](C(=O)NCc1cccnc1-n1cccn1)n1cnc2ccccc21.